The lowest BCUT2D eigenvalue weighted by Gasteiger charge is -2.32. The van der Waals surface area contributed by atoms with Gasteiger partial charge in [-0.1, -0.05) is 74.5 Å². The van der Waals surface area contributed by atoms with Crippen LogP contribution in [-0.2, 0) is 26.2 Å². The van der Waals surface area contributed by atoms with Crippen LogP contribution in [0.5, 0.6) is 5.75 Å². The van der Waals surface area contributed by atoms with Crippen LogP contribution in [0.4, 0.5) is 10.1 Å². The summed E-state index contributed by atoms with van der Waals surface area (Å²) in [5, 5.41) is 2.96. The second kappa shape index (κ2) is 14.5. The van der Waals surface area contributed by atoms with Crippen LogP contribution in [0, 0.1) is 11.7 Å². The predicted molar refractivity (Wildman–Crippen MR) is 163 cm³/mol. The number of nitrogens with one attached hydrogen (secondary N) is 2. The monoisotopic (exact) mass is 603 g/mol. The topological polar surface area (TPSA) is 105 Å². The molecule has 1 atom stereocenters. The number of nitrogens with zero attached hydrogens (tertiary/aromatic N) is 1. The average Bonchev–Trinajstić information content (AvgIpc) is 3.01. The Morgan fingerprint density at radius 3 is 2.05 bits per heavy atom. The van der Waals surface area contributed by atoms with E-state index >= 15 is 0 Å². The molecular weight excluding hydrogens is 569 g/mol. The standard InChI is InChI=1S/C33H34FN3O5S/c1-24(2)21-35-33(39)32(26-11-7-4-8-12-26)37(22-25-9-5-3-6-10-25)31(38)23-42-29-17-19-30(20-18-29)43(40,41)36-28-15-13-27(34)14-16-28/h3-20,24,32,36H,21-23H2,1-2H3,(H,35,39)/t32-/m0/s1. The first-order valence-electron chi connectivity index (χ1n) is 13.8. The zero-order valence-corrected chi connectivity index (χ0v) is 24.8. The van der Waals surface area contributed by atoms with Gasteiger partial charge in [-0.15, -0.1) is 0 Å². The minimum atomic E-state index is -3.93. The van der Waals surface area contributed by atoms with Crippen molar-refractivity contribution < 1.29 is 27.1 Å². The van der Waals surface area contributed by atoms with Crippen molar-refractivity contribution in [3.63, 3.8) is 0 Å². The van der Waals surface area contributed by atoms with Gasteiger partial charge in [-0.25, -0.2) is 12.8 Å². The number of halogens is 1. The van der Waals surface area contributed by atoms with E-state index in [4.69, 9.17) is 4.74 Å². The molecule has 2 N–H and O–H groups in total. The molecule has 4 rings (SSSR count). The molecule has 0 bridgehead atoms. The van der Waals surface area contributed by atoms with Crippen molar-refractivity contribution in [2.24, 2.45) is 5.92 Å². The van der Waals surface area contributed by atoms with Crippen LogP contribution < -0.4 is 14.8 Å². The summed E-state index contributed by atoms with van der Waals surface area (Å²) in [5.41, 5.74) is 1.73. The number of carbonyl (C=O) groups excluding carboxylic acids is 2. The van der Waals surface area contributed by atoms with E-state index in [1.54, 1.807) is 0 Å². The summed E-state index contributed by atoms with van der Waals surface area (Å²) in [7, 11) is -3.93. The smallest absolute Gasteiger partial charge is 0.261 e. The van der Waals surface area contributed by atoms with Crippen molar-refractivity contribution in [3.05, 3.63) is 126 Å². The van der Waals surface area contributed by atoms with Crippen LogP contribution in [0.2, 0.25) is 0 Å². The highest BCUT2D eigenvalue weighted by molar-refractivity contribution is 7.92. The maximum atomic E-state index is 13.7. The number of amides is 2. The lowest BCUT2D eigenvalue weighted by Crippen LogP contribution is -2.45. The fraction of sp³-hybridized carbons (Fsp3) is 0.212. The SMILES string of the molecule is CC(C)CNC(=O)[C@H](c1ccccc1)N(Cc1ccccc1)C(=O)COc1ccc(S(=O)(=O)Nc2ccc(F)cc2)cc1. The molecule has 10 heteroatoms. The molecular formula is C33H34FN3O5S. The van der Waals surface area contributed by atoms with E-state index in [0.29, 0.717) is 12.1 Å². The lowest BCUT2D eigenvalue weighted by molar-refractivity contribution is -0.143. The van der Waals surface area contributed by atoms with Crippen LogP contribution in [0.1, 0.15) is 31.0 Å². The van der Waals surface area contributed by atoms with Gasteiger partial charge in [-0.3, -0.25) is 14.3 Å². The first-order valence-corrected chi connectivity index (χ1v) is 15.3. The third kappa shape index (κ3) is 8.89. The lowest BCUT2D eigenvalue weighted by atomic mass is 10.0. The molecule has 0 aromatic heterocycles. The molecule has 0 aliphatic heterocycles. The van der Waals surface area contributed by atoms with Crippen molar-refractivity contribution in [2.45, 2.75) is 31.3 Å². The molecule has 4 aromatic rings. The van der Waals surface area contributed by atoms with Crippen LogP contribution in [-0.4, -0.2) is 38.3 Å². The van der Waals surface area contributed by atoms with Gasteiger partial charge in [0.05, 0.1) is 4.90 Å². The summed E-state index contributed by atoms with van der Waals surface area (Å²) in [5.74, 6) is -0.707. The third-order valence-corrected chi connectivity index (χ3v) is 7.87. The highest BCUT2D eigenvalue weighted by Gasteiger charge is 2.32. The van der Waals surface area contributed by atoms with Crippen molar-refractivity contribution in [2.75, 3.05) is 17.9 Å². The van der Waals surface area contributed by atoms with Crippen LogP contribution in [0.3, 0.4) is 0 Å². The summed E-state index contributed by atoms with van der Waals surface area (Å²) in [4.78, 5) is 28.7. The van der Waals surface area contributed by atoms with Crippen molar-refractivity contribution in [1.29, 1.82) is 0 Å². The molecule has 0 saturated carbocycles. The van der Waals surface area contributed by atoms with Gasteiger partial charge in [0, 0.05) is 18.8 Å². The minimum absolute atomic E-state index is 0.0350. The Labute approximate surface area is 251 Å². The average molecular weight is 604 g/mol. The third-order valence-electron chi connectivity index (χ3n) is 6.47. The Kier molecular flexibility index (Phi) is 10.5. The van der Waals surface area contributed by atoms with Gasteiger partial charge in [0.15, 0.2) is 6.61 Å². The normalized spacial score (nSPS) is 11.9. The van der Waals surface area contributed by atoms with Gasteiger partial charge >= 0.3 is 0 Å². The van der Waals surface area contributed by atoms with Gasteiger partial charge < -0.3 is 15.0 Å². The first kappa shape index (κ1) is 31.2. The quantitative estimate of drug-likeness (QED) is 0.209. The number of rotatable bonds is 13. The summed E-state index contributed by atoms with van der Waals surface area (Å²) in [6.07, 6.45) is 0. The molecule has 224 valence electrons. The van der Waals surface area contributed by atoms with E-state index in [0.717, 1.165) is 17.7 Å². The molecule has 0 aliphatic rings. The fourth-order valence-corrected chi connectivity index (χ4v) is 5.35. The maximum Gasteiger partial charge on any atom is 0.261 e. The van der Waals surface area contributed by atoms with Crippen LogP contribution >= 0.6 is 0 Å². The molecule has 4 aromatic carbocycles. The first-order chi connectivity index (χ1) is 20.6. The second-order valence-electron chi connectivity index (χ2n) is 10.3. The molecule has 0 unspecified atom stereocenters. The number of sulfonamides is 1. The predicted octanol–water partition coefficient (Wildman–Crippen LogP) is 5.55. The van der Waals surface area contributed by atoms with Gasteiger partial charge in [-0.05, 0) is 65.6 Å². The zero-order chi connectivity index (χ0) is 30.8. The second-order valence-corrected chi connectivity index (χ2v) is 12.0. The number of hydrogen-bond donors (Lipinski definition) is 2. The van der Waals surface area contributed by atoms with E-state index in [1.165, 1.54) is 41.3 Å². The zero-order valence-electron chi connectivity index (χ0n) is 23.9. The Bertz CT molecular complexity index is 1600. The molecule has 0 spiro atoms. The summed E-state index contributed by atoms with van der Waals surface area (Å²) < 4.78 is 46.8. The molecule has 2 amide bonds. The van der Waals surface area contributed by atoms with Crippen LogP contribution in [0.25, 0.3) is 0 Å². The van der Waals surface area contributed by atoms with E-state index < -0.39 is 27.8 Å². The molecule has 8 nitrogen and oxygen atoms in total. The fourth-order valence-electron chi connectivity index (χ4n) is 4.29. The Hall–Kier alpha value is -4.70. The van der Waals surface area contributed by atoms with Gasteiger partial charge in [0.2, 0.25) is 5.91 Å². The van der Waals surface area contributed by atoms with Crippen molar-refractivity contribution in [1.82, 2.24) is 10.2 Å². The molecule has 0 heterocycles. The van der Waals surface area contributed by atoms with Gasteiger partial charge in [0.25, 0.3) is 15.9 Å². The molecule has 0 fully saturated rings. The van der Waals surface area contributed by atoms with E-state index in [2.05, 4.69) is 10.0 Å². The largest absolute Gasteiger partial charge is 0.484 e. The summed E-state index contributed by atoms with van der Waals surface area (Å²) >= 11 is 0. The van der Waals surface area contributed by atoms with Gasteiger partial charge in [0.1, 0.15) is 17.6 Å². The summed E-state index contributed by atoms with van der Waals surface area (Å²) in [6.45, 7) is 4.23. The number of hydrogen-bond acceptors (Lipinski definition) is 5. The molecule has 0 aliphatic carbocycles. The summed E-state index contributed by atoms with van der Waals surface area (Å²) in [6, 6.07) is 28.1. The van der Waals surface area contributed by atoms with E-state index in [9.17, 15) is 22.4 Å². The Morgan fingerprint density at radius 1 is 0.837 bits per heavy atom. The van der Waals surface area contributed by atoms with E-state index in [1.807, 2.05) is 74.5 Å². The minimum Gasteiger partial charge on any atom is -0.484 e. The number of anilines is 1. The highest BCUT2D eigenvalue weighted by atomic mass is 32.2. The maximum absolute atomic E-state index is 13.7. The number of benzene rings is 4. The van der Waals surface area contributed by atoms with Crippen molar-refractivity contribution in [3.8, 4) is 5.75 Å². The molecule has 0 radical (unpaired) electrons. The molecule has 43 heavy (non-hydrogen) atoms. The van der Waals surface area contributed by atoms with Crippen LogP contribution in [0.15, 0.2) is 114 Å². The van der Waals surface area contributed by atoms with Gasteiger partial charge in [-0.2, -0.15) is 0 Å². The number of ether oxygens (including phenoxy) is 1. The van der Waals surface area contributed by atoms with E-state index in [-0.39, 0.29) is 41.3 Å². The Morgan fingerprint density at radius 2 is 1.44 bits per heavy atom. The van der Waals surface area contributed by atoms with Crippen molar-refractivity contribution >= 4 is 27.5 Å². The Balaban J connectivity index is 1.52. The molecule has 0 saturated heterocycles. The highest BCUT2D eigenvalue weighted by Crippen LogP contribution is 2.25. The number of carbonyl (C=O) groups is 2.